The molecule has 3 aromatic carbocycles. The summed E-state index contributed by atoms with van der Waals surface area (Å²) in [4.78, 5) is 9.50. The van der Waals surface area contributed by atoms with E-state index in [0.29, 0.717) is 37.8 Å². The molecule has 0 bridgehead atoms. The number of benzene rings is 3. The number of nitrogens with zero attached hydrogens (tertiary/aromatic N) is 4. The van der Waals surface area contributed by atoms with Gasteiger partial charge in [0.05, 0.1) is 13.2 Å². The zero-order valence-electron chi connectivity index (χ0n) is 28.7. The molecule has 2 heterocycles. The van der Waals surface area contributed by atoms with E-state index in [4.69, 9.17) is 18.9 Å². The maximum absolute atomic E-state index is 10.6. The summed E-state index contributed by atoms with van der Waals surface area (Å²) in [6.45, 7) is 16.4. The van der Waals surface area contributed by atoms with Gasteiger partial charge in [-0.15, -0.1) is 0 Å². The van der Waals surface area contributed by atoms with Crippen LogP contribution < -0.4 is 18.9 Å². The van der Waals surface area contributed by atoms with Crippen LogP contribution in [-0.2, 0) is 13.1 Å². The number of piperazine rings is 2. The minimum atomic E-state index is -0.567. The van der Waals surface area contributed by atoms with E-state index < -0.39 is 12.2 Å². The van der Waals surface area contributed by atoms with Crippen molar-refractivity contribution in [3.8, 4) is 23.0 Å². The van der Waals surface area contributed by atoms with Gasteiger partial charge in [-0.1, -0.05) is 24.3 Å². The van der Waals surface area contributed by atoms with Gasteiger partial charge in [-0.3, -0.25) is 19.6 Å². The van der Waals surface area contributed by atoms with Crippen molar-refractivity contribution in [3.05, 3.63) is 83.9 Å². The lowest BCUT2D eigenvalue weighted by Gasteiger charge is -2.35. The van der Waals surface area contributed by atoms with E-state index in [1.54, 1.807) is 0 Å². The summed E-state index contributed by atoms with van der Waals surface area (Å²) in [5, 5.41) is 21.2. The number of aliphatic hydroxyl groups is 2. The quantitative estimate of drug-likeness (QED) is 0.211. The van der Waals surface area contributed by atoms with E-state index >= 15 is 0 Å². The van der Waals surface area contributed by atoms with Gasteiger partial charge in [-0.25, -0.2) is 0 Å². The van der Waals surface area contributed by atoms with Crippen LogP contribution >= 0.6 is 0 Å². The van der Waals surface area contributed by atoms with E-state index in [2.05, 4.69) is 43.9 Å². The summed E-state index contributed by atoms with van der Waals surface area (Å²) in [7, 11) is 0. The highest BCUT2D eigenvalue weighted by Gasteiger charge is 2.21. The summed E-state index contributed by atoms with van der Waals surface area (Å²) in [6, 6.07) is 24.1. The lowest BCUT2D eigenvalue weighted by Crippen LogP contribution is -2.48. The Hall–Kier alpha value is -3.38. The van der Waals surface area contributed by atoms with Crippen LogP contribution in [0.2, 0.25) is 0 Å². The number of hydrogen-bond donors (Lipinski definition) is 2. The van der Waals surface area contributed by atoms with Crippen LogP contribution in [0.1, 0.15) is 25.0 Å². The Balaban J connectivity index is 0.917. The number of rotatable bonds is 18. The monoisotopic (exact) mass is 662 g/mol. The van der Waals surface area contributed by atoms with E-state index in [1.807, 2.05) is 62.4 Å². The maximum Gasteiger partial charge on any atom is 0.119 e. The zero-order chi connectivity index (χ0) is 33.6. The van der Waals surface area contributed by atoms with Gasteiger partial charge < -0.3 is 29.2 Å². The van der Waals surface area contributed by atoms with Gasteiger partial charge in [0.15, 0.2) is 0 Å². The molecule has 2 N–H and O–H groups in total. The average molecular weight is 663 g/mol. The average Bonchev–Trinajstić information content (AvgIpc) is 3.10. The molecule has 2 atom stereocenters. The third-order valence-electron chi connectivity index (χ3n) is 8.86. The molecular weight excluding hydrogens is 608 g/mol. The Kier molecular flexibility index (Phi) is 14.2. The molecule has 2 saturated heterocycles. The van der Waals surface area contributed by atoms with Gasteiger partial charge in [0, 0.05) is 78.5 Å². The topological polar surface area (TPSA) is 90.3 Å². The number of aliphatic hydroxyl groups excluding tert-OH is 2. The summed E-state index contributed by atoms with van der Waals surface area (Å²) in [6.07, 6.45) is -1.13. The van der Waals surface area contributed by atoms with Crippen LogP contribution in [0.4, 0.5) is 0 Å². The predicted octanol–water partition coefficient (Wildman–Crippen LogP) is 3.60. The molecule has 0 amide bonds. The molecule has 5 rings (SSSR count). The van der Waals surface area contributed by atoms with Crippen LogP contribution in [0.25, 0.3) is 0 Å². The van der Waals surface area contributed by atoms with Gasteiger partial charge >= 0.3 is 0 Å². The van der Waals surface area contributed by atoms with Crippen molar-refractivity contribution in [1.82, 2.24) is 19.6 Å². The number of β-amino-alcohol motifs (C(OH)–C–C–N with tert-alkyl or cyclic N) is 2. The molecule has 0 spiro atoms. The second kappa shape index (κ2) is 19.0. The van der Waals surface area contributed by atoms with Gasteiger partial charge in [-0.05, 0) is 73.5 Å². The molecule has 2 fully saturated rings. The highest BCUT2D eigenvalue weighted by Crippen LogP contribution is 2.19. The first-order chi connectivity index (χ1) is 23.4. The van der Waals surface area contributed by atoms with Crippen LogP contribution in [0.5, 0.6) is 23.0 Å². The molecule has 2 aliphatic heterocycles. The largest absolute Gasteiger partial charge is 0.494 e. The first-order valence-corrected chi connectivity index (χ1v) is 17.5. The Morgan fingerprint density at radius 1 is 0.458 bits per heavy atom. The first-order valence-electron chi connectivity index (χ1n) is 17.5. The van der Waals surface area contributed by atoms with Crippen LogP contribution in [0.3, 0.4) is 0 Å². The molecule has 10 nitrogen and oxygen atoms in total. The van der Waals surface area contributed by atoms with Crippen molar-refractivity contribution in [3.63, 3.8) is 0 Å². The second-order valence-electron chi connectivity index (χ2n) is 12.7. The van der Waals surface area contributed by atoms with Gasteiger partial charge in [0.2, 0.25) is 0 Å². The lowest BCUT2D eigenvalue weighted by atomic mass is 10.2. The highest BCUT2D eigenvalue weighted by atomic mass is 16.5. The SMILES string of the molecule is CCOc1ccc(CN2CCN(C[C@H](O)COc3ccc(OC[C@H](O)CN4CCN(Cc5ccc(OCC)cc5)CC4)cc3)CC2)cc1. The fraction of sp³-hybridized carbons (Fsp3) is 0.526. The molecule has 0 aromatic heterocycles. The van der Waals surface area contributed by atoms with Crippen LogP contribution in [-0.4, -0.2) is 134 Å². The summed E-state index contributed by atoms with van der Waals surface area (Å²) >= 11 is 0. The van der Waals surface area contributed by atoms with Crippen LogP contribution in [0, 0.1) is 0 Å². The predicted molar refractivity (Wildman–Crippen MR) is 188 cm³/mol. The molecule has 0 unspecified atom stereocenters. The fourth-order valence-corrected chi connectivity index (χ4v) is 6.21. The Bertz CT molecular complexity index is 1210. The molecule has 10 heteroatoms. The molecule has 0 aliphatic carbocycles. The zero-order valence-corrected chi connectivity index (χ0v) is 28.7. The van der Waals surface area contributed by atoms with Crippen molar-refractivity contribution >= 4 is 0 Å². The number of ether oxygens (including phenoxy) is 4. The standard InChI is InChI=1S/C38H54N4O6/c1-3-45-35-9-5-31(6-10-35)25-39-17-21-41(22-18-39)27-33(43)29-47-37-13-15-38(16-14-37)48-30-34(44)28-42-23-19-40(20-24-42)26-32-7-11-36(12-8-32)46-4-2/h5-16,33-34,43-44H,3-4,17-30H2,1-2H3/t33-,34+. The van der Waals surface area contributed by atoms with Crippen molar-refractivity contribution in [2.45, 2.75) is 39.1 Å². The minimum Gasteiger partial charge on any atom is -0.494 e. The third kappa shape index (κ3) is 11.9. The maximum atomic E-state index is 10.6. The highest BCUT2D eigenvalue weighted by molar-refractivity contribution is 5.31. The normalized spacial score (nSPS) is 17.9. The summed E-state index contributed by atoms with van der Waals surface area (Å²) < 4.78 is 22.8. The number of hydrogen-bond acceptors (Lipinski definition) is 10. The molecule has 3 aromatic rings. The Morgan fingerprint density at radius 3 is 1.08 bits per heavy atom. The van der Waals surface area contributed by atoms with E-state index in [0.717, 1.165) is 76.9 Å². The van der Waals surface area contributed by atoms with Crippen molar-refractivity contribution < 1.29 is 29.2 Å². The molecule has 0 radical (unpaired) electrons. The second-order valence-corrected chi connectivity index (χ2v) is 12.7. The molecule has 48 heavy (non-hydrogen) atoms. The summed E-state index contributed by atoms with van der Waals surface area (Å²) in [5.41, 5.74) is 2.57. The summed E-state index contributed by atoms with van der Waals surface area (Å²) in [5.74, 6) is 3.20. The third-order valence-corrected chi connectivity index (χ3v) is 8.86. The van der Waals surface area contributed by atoms with Crippen molar-refractivity contribution in [2.24, 2.45) is 0 Å². The molecular formula is C38H54N4O6. The Labute approximate surface area is 286 Å². The Morgan fingerprint density at radius 2 is 0.750 bits per heavy atom. The van der Waals surface area contributed by atoms with Gasteiger partial charge in [0.25, 0.3) is 0 Å². The van der Waals surface area contributed by atoms with Crippen LogP contribution in [0.15, 0.2) is 72.8 Å². The van der Waals surface area contributed by atoms with E-state index in [9.17, 15) is 10.2 Å². The fourth-order valence-electron chi connectivity index (χ4n) is 6.21. The van der Waals surface area contributed by atoms with Crippen molar-refractivity contribution in [1.29, 1.82) is 0 Å². The van der Waals surface area contributed by atoms with E-state index in [1.165, 1.54) is 11.1 Å². The smallest absolute Gasteiger partial charge is 0.119 e. The first kappa shape index (κ1) is 35.9. The molecule has 262 valence electrons. The molecule has 2 aliphatic rings. The lowest BCUT2D eigenvalue weighted by molar-refractivity contribution is 0.0437. The molecule has 0 saturated carbocycles. The minimum absolute atomic E-state index is 0.235. The van der Waals surface area contributed by atoms with Gasteiger partial charge in [0.1, 0.15) is 48.4 Å². The van der Waals surface area contributed by atoms with E-state index in [-0.39, 0.29) is 13.2 Å². The van der Waals surface area contributed by atoms with Gasteiger partial charge in [-0.2, -0.15) is 0 Å². The van der Waals surface area contributed by atoms with Crippen molar-refractivity contribution in [2.75, 3.05) is 91.9 Å².